The third kappa shape index (κ3) is 2.26. The van der Waals surface area contributed by atoms with Crippen LogP contribution in [0.15, 0.2) is 24.4 Å². The Morgan fingerprint density at radius 3 is 2.40 bits per heavy atom. The van der Waals surface area contributed by atoms with E-state index in [0.29, 0.717) is 0 Å². The van der Waals surface area contributed by atoms with Crippen LogP contribution in [0.5, 0.6) is 0 Å². The molecule has 0 aromatic heterocycles. The third-order valence-electron chi connectivity index (χ3n) is 1.96. The zero-order valence-electron chi connectivity index (χ0n) is 7.15. The van der Waals surface area contributed by atoms with Crippen LogP contribution in [0.4, 0.5) is 0 Å². The molecule has 0 amide bonds. The number of rotatable bonds is 3. The highest BCUT2D eigenvalue weighted by atomic mass is 14.6. The average Bonchev–Trinajstić information content (AvgIpc) is 1.89. The molecule has 58 valence electrons. The molecular formula is C9H17N. The molecule has 0 unspecified atom stereocenters. The molecule has 1 heteroatoms. The summed E-state index contributed by atoms with van der Waals surface area (Å²) in [7, 11) is 0. The highest BCUT2D eigenvalue weighted by Crippen LogP contribution is 2.25. The van der Waals surface area contributed by atoms with E-state index >= 15 is 0 Å². The van der Waals surface area contributed by atoms with Gasteiger partial charge in [0.1, 0.15) is 0 Å². The Labute approximate surface area is 63.6 Å². The molecule has 0 aromatic carbocycles. The predicted octanol–water partition coefficient (Wildman–Crippen LogP) is 2.45. The molecule has 0 saturated carbocycles. The van der Waals surface area contributed by atoms with E-state index in [1.807, 2.05) is 6.08 Å². The van der Waals surface area contributed by atoms with Gasteiger partial charge in [-0.25, -0.2) is 0 Å². The fourth-order valence-electron chi connectivity index (χ4n) is 0.557. The van der Waals surface area contributed by atoms with Gasteiger partial charge in [-0.3, -0.25) is 0 Å². The first kappa shape index (κ1) is 9.28. The fourth-order valence-corrected chi connectivity index (χ4v) is 0.557. The molecule has 0 radical (unpaired) electrons. The van der Waals surface area contributed by atoms with Crippen molar-refractivity contribution in [2.45, 2.75) is 27.2 Å². The van der Waals surface area contributed by atoms with Gasteiger partial charge in [-0.2, -0.15) is 0 Å². The number of nitrogens with two attached hydrogens (primary N) is 1. The van der Waals surface area contributed by atoms with Crippen LogP contribution in [0.25, 0.3) is 0 Å². The van der Waals surface area contributed by atoms with E-state index in [2.05, 4.69) is 27.4 Å². The van der Waals surface area contributed by atoms with Gasteiger partial charge in [0, 0.05) is 11.1 Å². The van der Waals surface area contributed by atoms with Crippen LogP contribution in [0.1, 0.15) is 27.2 Å². The van der Waals surface area contributed by atoms with Crippen LogP contribution in [-0.2, 0) is 0 Å². The van der Waals surface area contributed by atoms with Gasteiger partial charge in [0.05, 0.1) is 0 Å². The third-order valence-corrected chi connectivity index (χ3v) is 1.96. The SMILES string of the molecule is C=C/C=C(/N)C(C)(C)CC. The van der Waals surface area contributed by atoms with Crippen molar-refractivity contribution in [3.8, 4) is 0 Å². The Morgan fingerprint density at radius 1 is 1.60 bits per heavy atom. The molecule has 0 heterocycles. The van der Waals surface area contributed by atoms with Crippen LogP contribution in [0, 0.1) is 5.41 Å². The van der Waals surface area contributed by atoms with Crippen molar-refractivity contribution >= 4 is 0 Å². The molecule has 0 aliphatic rings. The summed E-state index contributed by atoms with van der Waals surface area (Å²) in [5, 5.41) is 0. The van der Waals surface area contributed by atoms with Crippen LogP contribution < -0.4 is 5.73 Å². The summed E-state index contributed by atoms with van der Waals surface area (Å²) in [5.41, 5.74) is 6.79. The van der Waals surface area contributed by atoms with Crippen molar-refractivity contribution in [1.29, 1.82) is 0 Å². The van der Waals surface area contributed by atoms with Gasteiger partial charge in [-0.1, -0.05) is 33.4 Å². The quantitative estimate of drug-likeness (QED) is 0.597. The van der Waals surface area contributed by atoms with Crippen molar-refractivity contribution in [1.82, 2.24) is 0 Å². The zero-order chi connectivity index (χ0) is 8.20. The molecule has 0 atom stereocenters. The maximum absolute atomic E-state index is 5.76. The normalized spacial score (nSPS) is 13.3. The maximum Gasteiger partial charge on any atom is 0.0137 e. The van der Waals surface area contributed by atoms with Gasteiger partial charge in [-0.15, -0.1) is 0 Å². The van der Waals surface area contributed by atoms with Gasteiger partial charge >= 0.3 is 0 Å². The number of hydrogen-bond donors (Lipinski definition) is 1. The second-order valence-electron chi connectivity index (χ2n) is 3.10. The Bertz CT molecular complexity index is 143. The van der Waals surface area contributed by atoms with Crippen LogP contribution in [0.2, 0.25) is 0 Å². The lowest BCUT2D eigenvalue weighted by atomic mass is 9.86. The fraction of sp³-hybridized carbons (Fsp3) is 0.556. The zero-order valence-corrected chi connectivity index (χ0v) is 7.15. The summed E-state index contributed by atoms with van der Waals surface area (Å²) >= 11 is 0. The van der Waals surface area contributed by atoms with Crippen LogP contribution in [-0.4, -0.2) is 0 Å². The summed E-state index contributed by atoms with van der Waals surface area (Å²) in [6, 6.07) is 0. The van der Waals surface area contributed by atoms with Crippen LogP contribution in [0.3, 0.4) is 0 Å². The monoisotopic (exact) mass is 139 g/mol. The Hall–Kier alpha value is -0.720. The summed E-state index contributed by atoms with van der Waals surface area (Å²) in [6.07, 6.45) is 4.65. The lowest BCUT2D eigenvalue weighted by Crippen LogP contribution is -2.19. The largest absolute Gasteiger partial charge is 0.402 e. The van der Waals surface area contributed by atoms with E-state index in [0.717, 1.165) is 12.1 Å². The van der Waals surface area contributed by atoms with Crippen molar-refractivity contribution in [2.24, 2.45) is 11.1 Å². The molecule has 10 heavy (non-hydrogen) atoms. The van der Waals surface area contributed by atoms with Crippen LogP contribution >= 0.6 is 0 Å². The maximum atomic E-state index is 5.76. The Balaban J connectivity index is 4.31. The highest BCUT2D eigenvalue weighted by Gasteiger charge is 2.16. The number of allylic oxidation sites excluding steroid dienone is 3. The molecular weight excluding hydrogens is 122 g/mol. The molecule has 0 bridgehead atoms. The Morgan fingerprint density at radius 2 is 2.10 bits per heavy atom. The van der Waals surface area contributed by atoms with Crippen molar-refractivity contribution in [2.75, 3.05) is 0 Å². The summed E-state index contributed by atoms with van der Waals surface area (Å²) in [4.78, 5) is 0. The first-order valence-electron chi connectivity index (χ1n) is 3.63. The predicted molar refractivity (Wildman–Crippen MR) is 46.5 cm³/mol. The smallest absolute Gasteiger partial charge is 0.0137 e. The molecule has 0 rings (SSSR count). The molecule has 0 aromatic rings. The summed E-state index contributed by atoms with van der Waals surface area (Å²) in [6.45, 7) is 9.98. The molecule has 0 fully saturated rings. The van der Waals surface area contributed by atoms with E-state index in [-0.39, 0.29) is 5.41 Å². The second-order valence-corrected chi connectivity index (χ2v) is 3.10. The molecule has 0 saturated heterocycles. The minimum absolute atomic E-state index is 0.119. The molecule has 0 aliphatic carbocycles. The first-order valence-corrected chi connectivity index (χ1v) is 3.63. The van der Waals surface area contributed by atoms with Crippen molar-refractivity contribution in [3.05, 3.63) is 24.4 Å². The van der Waals surface area contributed by atoms with E-state index in [1.54, 1.807) is 6.08 Å². The van der Waals surface area contributed by atoms with Gasteiger partial charge in [0.15, 0.2) is 0 Å². The molecule has 0 spiro atoms. The molecule has 1 nitrogen and oxygen atoms in total. The lowest BCUT2D eigenvalue weighted by Gasteiger charge is -2.22. The van der Waals surface area contributed by atoms with E-state index in [9.17, 15) is 0 Å². The lowest BCUT2D eigenvalue weighted by molar-refractivity contribution is 0.424. The minimum atomic E-state index is 0.119. The van der Waals surface area contributed by atoms with Gasteiger partial charge < -0.3 is 5.73 Å². The minimum Gasteiger partial charge on any atom is -0.402 e. The van der Waals surface area contributed by atoms with E-state index < -0.39 is 0 Å². The second kappa shape index (κ2) is 3.45. The van der Waals surface area contributed by atoms with E-state index in [1.165, 1.54) is 0 Å². The molecule has 2 N–H and O–H groups in total. The van der Waals surface area contributed by atoms with Crippen molar-refractivity contribution in [3.63, 3.8) is 0 Å². The van der Waals surface area contributed by atoms with Gasteiger partial charge in [-0.05, 0) is 12.5 Å². The van der Waals surface area contributed by atoms with E-state index in [4.69, 9.17) is 5.73 Å². The summed E-state index contributed by atoms with van der Waals surface area (Å²) in [5.74, 6) is 0. The summed E-state index contributed by atoms with van der Waals surface area (Å²) < 4.78 is 0. The highest BCUT2D eigenvalue weighted by molar-refractivity contribution is 5.13. The Kier molecular flexibility index (Phi) is 3.20. The standard InChI is InChI=1S/C9H17N/c1-5-7-8(10)9(3,4)6-2/h5,7H,1,6,10H2,2-4H3/b8-7+. The first-order chi connectivity index (χ1) is 4.54. The number of hydrogen-bond acceptors (Lipinski definition) is 1. The average molecular weight is 139 g/mol. The van der Waals surface area contributed by atoms with Gasteiger partial charge in [0.2, 0.25) is 0 Å². The molecule has 0 aliphatic heterocycles. The van der Waals surface area contributed by atoms with Crippen molar-refractivity contribution < 1.29 is 0 Å². The van der Waals surface area contributed by atoms with Gasteiger partial charge in [0.25, 0.3) is 0 Å². The topological polar surface area (TPSA) is 26.0 Å².